The molecule has 0 unspecified atom stereocenters. The number of carbonyl (C=O) groups is 1. The van der Waals surface area contributed by atoms with Gasteiger partial charge in [0.25, 0.3) is 0 Å². The van der Waals surface area contributed by atoms with Crippen LogP contribution < -0.4 is 9.47 Å². The Morgan fingerprint density at radius 2 is 1.92 bits per heavy atom. The number of rotatable bonds is 6. The fraction of sp³-hybridized carbons (Fsp3) is 0.188. The predicted molar refractivity (Wildman–Crippen MR) is 89.8 cm³/mol. The number of carbonyl (C=O) groups excluding carboxylic acids is 1. The fourth-order valence-corrected chi connectivity index (χ4v) is 2.32. The van der Waals surface area contributed by atoms with E-state index in [0.717, 1.165) is 0 Å². The van der Waals surface area contributed by atoms with Crippen LogP contribution >= 0.6 is 15.9 Å². The molecular formula is C16H14BrNO6. The Labute approximate surface area is 146 Å². The molecular weight excluding hydrogens is 382 g/mol. The first-order chi connectivity index (χ1) is 11.5. The number of nitro groups is 1. The van der Waals surface area contributed by atoms with Gasteiger partial charge in [0.15, 0.2) is 0 Å². The van der Waals surface area contributed by atoms with Gasteiger partial charge < -0.3 is 14.2 Å². The largest absolute Gasteiger partial charge is 0.494 e. The summed E-state index contributed by atoms with van der Waals surface area (Å²) in [5.74, 6) is -0.103. The van der Waals surface area contributed by atoms with Crippen LogP contribution in [0.3, 0.4) is 0 Å². The molecule has 0 fully saturated rings. The van der Waals surface area contributed by atoms with Crippen molar-refractivity contribution in [2.45, 2.75) is 6.92 Å². The third kappa shape index (κ3) is 4.02. The molecule has 126 valence electrons. The molecule has 2 aromatic rings. The van der Waals surface area contributed by atoms with Crippen LogP contribution in [-0.4, -0.2) is 24.6 Å². The molecule has 2 aromatic carbocycles. The second-order valence-electron chi connectivity index (χ2n) is 4.55. The van der Waals surface area contributed by atoms with Crippen LogP contribution in [-0.2, 0) is 4.74 Å². The Hall–Kier alpha value is -2.61. The van der Waals surface area contributed by atoms with Crippen LogP contribution in [0, 0.1) is 10.1 Å². The third-order valence-corrected chi connectivity index (χ3v) is 3.50. The Kier molecular flexibility index (Phi) is 5.75. The molecule has 0 heterocycles. The highest BCUT2D eigenvalue weighted by molar-refractivity contribution is 9.10. The van der Waals surface area contributed by atoms with Crippen molar-refractivity contribution in [1.82, 2.24) is 0 Å². The summed E-state index contributed by atoms with van der Waals surface area (Å²) in [6.07, 6.45) is 0. The number of hydrogen-bond donors (Lipinski definition) is 0. The fourth-order valence-electron chi connectivity index (χ4n) is 1.96. The molecule has 2 rings (SSSR count). The maximum absolute atomic E-state index is 11.9. The van der Waals surface area contributed by atoms with E-state index in [4.69, 9.17) is 14.2 Å². The van der Waals surface area contributed by atoms with Gasteiger partial charge in [-0.15, -0.1) is 0 Å². The topological polar surface area (TPSA) is 87.9 Å². The van der Waals surface area contributed by atoms with Gasteiger partial charge in [0, 0.05) is 4.47 Å². The van der Waals surface area contributed by atoms with Crippen LogP contribution in [0.15, 0.2) is 40.9 Å². The molecule has 0 amide bonds. The van der Waals surface area contributed by atoms with Crippen molar-refractivity contribution in [3.05, 3.63) is 56.5 Å². The van der Waals surface area contributed by atoms with E-state index < -0.39 is 10.9 Å². The summed E-state index contributed by atoms with van der Waals surface area (Å²) in [6, 6.07) is 8.95. The van der Waals surface area contributed by atoms with E-state index in [1.807, 2.05) is 0 Å². The minimum absolute atomic E-state index is 0.00377. The molecule has 0 saturated carbocycles. The zero-order valence-corrected chi connectivity index (χ0v) is 14.5. The van der Waals surface area contributed by atoms with Gasteiger partial charge in [-0.25, -0.2) is 4.79 Å². The van der Waals surface area contributed by atoms with Crippen molar-refractivity contribution in [2.75, 3.05) is 13.7 Å². The zero-order valence-electron chi connectivity index (χ0n) is 12.9. The smallest absolute Gasteiger partial charge is 0.341 e. The van der Waals surface area contributed by atoms with Crippen LogP contribution in [0.25, 0.3) is 0 Å². The number of hydrogen-bond acceptors (Lipinski definition) is 6. The van der Waals surface area contributed by atoms with E-state index in [-0.39, 0.29) is 22.7 Å². The SMILES string of the molecule is CCOc1ccc(Oc2ccc(Br)cc2C(=O)OC)c([N+](=O)[O-])c1. The van der Waals surface area contributed by atoms with E-state index in [9.17, 15) is 14.9 Å². The van der Waals surface area contributed by atoms with Gasteiger partial charge >= 0.3 is 11.7 Å². The van der Waals surface area contributed by atoms with E-state index in [2.05, 4.69) is 15.9 Å². The van der Waals surface area contributed by atoms with Crippen LogP contribution in [0.2, 0.25) is 0 Å². The van der Waals surface area contributed by atoms with Gasteiger partial charge in [0.05, 0.1) is 24.7 Å². The molecule has 0 aliphatic carbocycles. The summed E-state index contributed by atoms with van der Waals surface area (Å²) < 4.78 is 16.2. The van der Waals surface area contributed by atoms with Crippen molar-refractivity contribution in [1.29, 1.82) is 0 Å². The van der Waals surface area contributed by atoms with Gasteiger partial charge in [-0.2, -0.15) is 0 Å². The minimum Gasteiger partial charge on any atom is -0.494 e. The normalized spacial score (nSPS) is 10.1. The molecule has 0 aromatic heterocycles. The molecule has 0 saturated heterocycles. The van der Waals surface area contributed by atoms with Crippen LogP contribution in [0.1, 0.15) is 17.3 Å². The third-order valence-electron chi connectivity index (χ3n) is 3.00. The van der Waals surface area contributed by atoms with E-state index in [1.165, 1.54) is 31.4 Å². The van der Waals surface area contributed by atoms with E-state index in [1.54, 1.807) is 19.1 Å². The first kappa shape index (κ1) is 17.7. The maximum Gasteiger partial charge on any atom is 0.341 e. The number of esters is 1. The lowest BCUT2D eigenvalue weighted by molar-refractivity contribution is -0.385. The van der Waals surface area contributed by atoms with Crippen LogP contribution in [0.4, 0.5) is 5.69 Å². The van der Waals surface area contributed by atoms with Crippen molar-refractivity contribution >= 4 is 27.6 Å². The molecule has 0 atom stereocenters. The zero-order chi connectivity index (χ0) is 17.7. The molecule has 0 bridgehead atoms. The maximum atomic E-state index is 11.9. The first-order valence-electron chi connectivity index (χ1n) is 6.93. The highest BCUT2D eigenvalue weighted by atomic mass is 79.9. The van der Waals surface area contributed by atoms with Crippen LogP contribution in [0.5, 0.6) is 17.2 Å². The van der Waals surface area contributed by atoms with Crippen molar-refractivity contribution in [3.63, 3.8) is 0 Å². The van der Waals surface area contributed by atoms with E-state index in [0.29, 0.717) is 16.8 Å². The Morgan fingerprint density at radius 3 is 2.54 bits per heavy atom. The number of methoxy groups -OCH3 is 1. The van der Waals surface area contributed by atoms with Crippen molar-refractivity contribution in [2.24, 2.45) is 0 Å². The molecule has 24 heavy (non-hydrogen) atoms. The minimum atomic E-state index is -0.611. The molecule has 7 nitrogen and oxygen atoms in total. The van der Waals surface area contributed by atoms with Gasteiger partial charge in [-0.05, 0) is 37.3 Å². The second kappa shape index (κ2) is 7.78. The lowest BCUT2D eigenvalue weighted by Crippen LogP contribution is -2.04. The van der Waals surface area contributed by atoms with Gasteiger partial charge in [0.2, 0.25) is 5.75 Å². The number of nitro benzene ring substituents is 1. The standard InChI is InChI=1S/C16H14BrNO6/c1-3-23-11-5-7-15(13(9-11)18(20)21)24-14-6-4-10(17)8-12(14)16(19)22-2/h4-9H,3H2,1-2H3. The predicted octanol–water partition coefficient (Wildman–Crippen LogP) is 4.33. The van der Waals surface area contributed by atoms with E-state index >= 15 is 0 Å². The quantitative estimate of drug-likeness (QED) is 0.410. The average Bonchev–Trinajstić information content (AvgIpc) is 2.57. The van der Waals surface area contributed by atoms with Gasteiger partial charge in [-0.3, -0.25) is 10.1 Å². The Bertz CT molecular complexity index is 777. The molecule has 0 N–H and O–H groups in total. The summed E-state index contributed by atoms with van der Waals surface area (Å²) in [6.45, 7) is 2.16. The number of ether oxygens (including phenoxy) is 3. The summed E-state index contributed by atoms with van der Waals surface area (Å²) in [5.41, 5.74) is -0.116. The molecule has 0 aliphatic heterocycles. The lowest BCUT2D eigenvalue weighted by Gasteiger charge is -2.11. The molecule has 0 aliphatic rings. The summed E-state index contributed by atoms with van der Waals surface area (Å²) in [5, 5.41) is 11.3. The molecule has 0 spiro atoms. The average molecular weight is 396 g/mol. The highest BCUT2D eigenvalue weighted by Gasteiger charge is 2.21. The Morgan fingerprint density at radius 1 is 1.21 bits per heavy atom. The molecule has 8 heteroatoms. The van der Waals surface area contributed by atoms with Crippen molar-refractivity contribution in [3.8, 4) is 17.2 Å². The highest BCUT2D eigenvalue weighted by Crippen LogP contribution is 2.36. The van der Waals surface area contributed by atoms with Gasteiger partial charge in [0.1, 0.15) is 17.1 Å². The molecule has 0 radical (unpaired) electrons. The Balaban J connectivity index is 2.44. The number of nitrogens with zero attached hydrogens (tertiary/aromatic N) is 1. The number of halogens is 1. The second-order valence-corrected chi connectivity index (χ2v) is 5.47. The summed E-state index contributed by atoms with van der Waals surface area (Å²) in [7, 11) is 1.24. The monoisotopic (exact) mass is 395 g/mol. The number of benzene rings is 2. The summed E-state index contributed by atoms with van der Waals surface area (Å²) >= 11 is 3.26. The summed E-state index contributed by atoms with van der Waals surface area (Å²) in [4.78, 5) is 22.6. The lowest BCUT2D eigenvalue weighted by atomic mass is 10.2. The first-order valence-corrected chi connectivity index (χ1v) is 7.72. The van der Waals surface area contributed by atoms with Crippen molar-refractivity contribution < 1.29 is 23.9 Å². The van der Waals surface area contributed by atoms with Gasteiger partial charge in [-0.1, -0.05) is 15.9 Å².